The normalized spacial score (nSPS) is 14.7. The molecule has 0 aliphatic carbocycles. The Bertz CT molecular complexity index is 842. The summed E-state index contributed by atoms with van der Waals surface area (Å²) in [5, 5.41) is 0. The first kappa shape index (κ1) is 15.2. The van der Waals surface area contributed by atoms with Crippen LogP contribution in [0.1, 0.15) is 21.7 Å². The van der Waals surface area contributed by atoms with Crippen LogP contribution in [0.3, 0.4) is 0 Å². The van der Waals surface area contributed by atoms with E-state index in [1.807, 2.05) is 0 Å². The fourth-order valence-corrected chi connectivity index (χ4v) is 4.42. The number of carbonyl (C=O) groups excluding carboxylic acids is 1. The fraction of sp³-hybridized carbons (Fsp3) is 0.267. The zero-order valence-corrected chi connectivity index (χ0v) is 13.5. The van der Waals surface area contributed by atoms with Crippen LogP contribution in [-0.4, -0.2) is 27.1 Å². The predicted molar refractivity (Wildman–Crippen MR) is 83.8 cm³/mol. The number of nitrogens with zero attached hydrogens (tertiary/aromatic N) is 1. The van der Waals surface area contributed by atoms with Crippen molar-refractivity contribution in [2.75, 3.05) is 17.7 Å². The van der Waals surface area contributed by atoms with Crippen LogP contribution >= 0.6 is 11.3 Å². The van der Waals surface area contributed by atoms with Crippen molar-refractivity contribution in [1.82, 2.24) is 0 Å². The largest absolute Gasteiger partial charge is 0.307 e. The van der Waals surface area contributed by atoms with E-state index in [0.717, 1.165) is 36.0 Å². The molecule has 0 atom stereocenters. The van der Waals surface area contributed by atoms with E-state index in [-0.39, 0.29) is 15.9 Å². The van der Waals surface area contributed by atoms with Crippen molar-refractivity contribution in [3.8, 4) is 0 Å². The van der Waals surface area contributed by atoms with Crippen LogP contribution in [-0.2, 0) is 16.3 Å². The average Bonchev–Trinajstić information content (AvgIpc) is 2.95. The molecule has 116 valence electrons. The molecule has 1 amide bonds. The smallest absolute Gasteiger partial charge is 0.268 e. The highest BCUT2D eigenvalue weighted by atomic mass is 32.2. The summed E-state index contributed by atoms with van der Waals surface area (Å²) in [6, 6.07) is 7.36. The monoisotopic (exact) mass is 339 g/mol. The first-order valence-electron chi connectivity index (χ1n) is 6.76. The Labute approximate surface area is 132 Å². The van der Waals surface area contributed by atoms with E-state index < -0.39 is 9.84 Å². The molecule has 2 aromatic rings. The van der Waals surface area contributed by atoms with Gasteiger partial charge >= 0.3 is 0 Å². The Morgan fingerprint density at radius 1 is 1.27 bits per heavy atom. The SMILES string of the molecule is CS(=O)(=O)c1ccc(C(=O)N2CCCc3cc(F)ccc32)s1. The molecule has 1 aliphatic heterocycles. The van der Waals surface area contributed by atoms with Gasteiger partial charge in [0.2, 0.25) is 0 Å². The first-order valence-corrected chi connectivity index (χ1v) is 9.47. The lowest BCUT2D eigenvalue weighted by Crippen LogP contribution is -2.35. The Morgan fingerprint density at radius 2 is 2.05 bits per heavy atom. The molecule has 0 saturated carbocycles. The maximum atomic E-state index is 13.3. The number of benzene rings is 1. The summed E-state index contributed by atoms with van der Waals surface area (Å²) in [5.74, 6) is -0.559. The van der Waals surface area contributed by atoms with Gasteiger partial charge in [-0.1, -0.05) is 0 Å². The van der Waals surface area contributed by atoms with Crippen LogP contribution in [0.2, 0.25) is 0 Å². The highest BCUT2D eigenvalue weighted by Gasteiger charge is 2.25. The van der Waals surface area contributed by atoms with E-state index in [1.165, 1.54) is 24.3 Å². The van der Waals surface area contributed by atoms with Gasteiger partial charge in [-0.15, -0.1) is 11.3 Å². The molecule has 1 aromatic carbocycles. The molecule has 0 saturated heterocycles. The molecular formula is C15H14FNO3S2. The van der Waals surface area contributed by atoms with Gasteiger partial charge in [0.05, 0.1) is 4.88 Å². The van der Waals surface area contributed by atoms with Crippen molar-refractivity contribution in [3.05, 3.63) is 46.6 Å². The van der Waals surface area contributed by atoms with Gasteiger partial charge in [0.1, 0.15) is 10.0 Å². The van der Waals surface area contributed by atoms with Crippen LogP contribution in [0.5, 0.6) is 0 Å². The Hall–Kier alpha value is -1.73. The van der Waals surface area contributed by atoms with E-state index in [2.05, 4.69) is 0 Å². The molecule has 2 heterocycles. The third-order valence-electron chi connectivity index (χ3n) is 3.56. The predicted octanol–water partition coefficient (Wildman–Crippen LogP) is 2.88. The number of fused-ring (bicyclic) bond motifs is 1. The van der Waals surface area contributed by atoms with E-state index in [4.69, 9.17) is 0 Å². The van der Waals surface area contributed by atoms with Gasteiger partial charge in [-0.05, 0) is 48.7 Å². The number of thiophene rings is 1. The van der Waals surface area contributed by atoms with Gasteiger partial charge in [0.15, 0.2) is 9.84 Å². The van der Waals surface area contributed by atoms with Crippen molar-refractivity contribution in [3.63, 3.8) is 0 Å². The molecule has 1 aliphatic rings. The number of sulfone groups is 1. The maximum absolute atomic E-state index is 13.3. The maximum Gasteiger partial charge on any atom is 0.268 e. The van der Waals surface area contributed by atoms with E-state index in [1.54, 1.807) is 11.0 Å². The number of anilines is 1. The molecule has 7 heteroatoms. The number of hydrogen-bond acceptors (Lipinski definition) is 4. The summed E-state index contributed by atoms with van der Waals surface area (Å²) in [7, 11) is -3.31. The second-order valence-electron chi connectivity index (χ2n) is 5.22. The lowest BCUT2D eigenvalue weighted by Gasteiger charge is -2.29. The minimum atomic E-state index is -3.31. The van der Waals surface area contributed by atoms with E-state index in [0.29, 0.717) is 17.1 Å². The van der Waals surface area contributed by atoms with E-state index >= 15 is 0 Å². The number of rotatable bonds is 2. The Morgan fingerprint density at radius 3 is 2.73 bits per heavy atom. The molecule has 0 N–H and O–H groups in total. The molecule has 0 fully saturated rings. The summed E-state index contributed by atoms with van der Waals surface area (Å²) in [6.45, 7) is 0.545. The summed E-state index contributed by atoms with van der Waals surface area (Å²) >= 11 is 0.966. The molecule has 0 spiro atoms. The molecule has 22 heavy (non-hydrogen) atoms. The third-order valence-corrected chi connectivity index (χ3v) is 6.46. The Kier molecular flexibility index (Phi) is 3.78. The molecule has 0 radical (unpaired) electrons. The van der Waals surface area contributed by atoms with Crippen molar-refractivity contribution in [2.45, 2.75) is 17.1 Å². The standard InChI is InChI=1S/C15H14FNO3S2/c1-22(19,20)14-7-6-13(21-14)15(18)17-8-2-3-10-9-11(16)4-5-12(10)17/h4-7,9H,2-3,8H2,1H3. The highest BCUT2D eigenvalue weighted by molar-refractivity contribution is 7.92. The number of amides is 1. The summed E-state index contributed by atoms with van der Waals surface area (Å²) in [5.41, 5.74) is 1.51. The minimum absolute atomic E-state index is 0.173. The molecule has 1 aromatic heterocycles. The minimum Gasteiger partial charge on any atom is -0.307 e. The van der Waals surface area contributed by atoms with Crippen LogP contribution in [0.4, 0.5) is 10.1 Å². The molecule has 0 bridgehead atoms. The number of halogens is 1. The number of hydrogen-bond donors (Lipinski definition) is 0. The van der Waals surface area contributed by atoms with Crippen molar-refractivity contribution in [1.29, 1.82) is 0 Å². The summed E-state index contributed by atoms with van der Waals surface area (Å²) in [6.07, 6.45) is 2.61. The second kappa shape index (κ2) is 5.48. The van der Waals surface area contributed by atoms with Gasteiger partial charge in [0.25, 0.3) is 5.91 Å². The van der Waals surface area contributed by atoms with Crippen LogP contribution < -0.4 is 4.90 Å². The van der Waals surface area contributed by atoms with Gasteiger partial charge in [-0.2, -0.15) is 0 Å². The Balaban J connectivity index is 1.96. The van der Waals surface area contributed by atoms with Gasteiger partial charge in [-0.3, -0.25) is 4.79 Å². The number of aryl methyl sites for hydroxylation is 1. The van der Waals surface area contributed by atoms with Crippen molar-refractivity contribution in [2.24, 2.45) is 0 Å². The van der Waals surface area contributed by atoms with Gasteiger partial charge < -0.3 is 4.90 Å². The van der Waals surface area contributed by atoms with Crippen molar-refractivity contribution >= 4 is 32.8 Å². The molecule has 3 rings (SSSR count). The lowest BCUT2D eigenvalue weighted by molar-refractivity contribution is 0.0989. The summed E-state index contributed by atoms with van der Waals surface area (Å²) in [4.78, 5) is 14.6. The quantitative estimate of drug-likeness (QED) is 0.845. The van der Waals surface area contributed by atoms with Crippen LogP contribution in [0, 0.1) is 5.82 Å². The average molecular weight is 339 g/mol. The zero-order valence-electron chi connectivity index (χ0n) is 11.9. The van der Waals surface area contributed by atoms with Gasteiger partial charge in [0, 0.05) is 18.5 Å². The van der Waals surface area contributed by atoms with Crippen LogP contribution in [0.15, 0.2) is 34.5 Å². The molecular weight excluding hydrogens is 325 g/mol. The number of carbonyl (C=O) groups is 1. The fourth-order valence-electron chi connectivity index (χ4n) is 2.54. The lowest BCUT2D eigenvalue weighted by atomic mass is 10.0. The molecule has 0 unspecified atom stereocenters. The zero-order chi connectivity index (χ0) is 15.9. The topological polar surface area (TPSA) is 54.5 Å². The molecule has 4 nitrogen and oxygen atoms in total. The third kappa shape index (κ3) is 2.78. The van der Waals surface area contributed by atoms with E-state index in [9.17, 15) is 17.6 Å². The highest BCUT2D eigenvalue weighted by Crippen LogP contribution is 2.31. The van der Waals surface area contributed by atoms with Crippen LogP contribution in [0.25, 0.3) is 0 Å². The van der Waals surface area contributed by atoms with Crippen molar-refractivity contribution < 1.29 is 17.6 Å². The first-order chi connectivity index (χ1) is 10.4. The van der Waals surface area contributed by atoms with Gasteiger partial charge in [-0.25, -0.2) is 12.8 Å². The second-order valence-corrected chi connectivity index (χ2v) is 8.55. The summed E-state index contributed by atoms with van der Waals surface area (Å²) < 4.78 is 36.5.